The van der Waals surface area contributed by atoms with Crippen molar-refractivity contribution < 1.29 is 4.39 Å². The van der Waals surface area contributed by atoms with Gasteiger partial charge in [-0.1, -0.05) is 25.1 Å². The van der Waals surface area contributed by atoms with Gasteiger partial charge in [0.05, 0.1) is 12.0 Å². The average Bonchev–Trinajstić information content (AvgIpc) is 2.31. The molecule has 1 rings (SSSR count). The maximum atomic E-state index is 13.2. The van der Waals surface area contributed by atoms with Crippen LogP contribution in [0.1, 0.15) is 18.9 Å². The maximum Gasteiger partial charge on any atom is 0.126 e. The van der Waals surface area contributed by atoms with Crippen molar-refractivity contribution in [2.45, 2.75) is 19.8 Å². The maximum absolute atomic E-state index is 13.2. The van der Waals surface area contributed by atoms with Gasteiger partial charge >= 0.3 is 0 Å². The molecule has 1 aromatic carbocycles. The van der Waals surface area contributed by atoms with E-state index >= 15 is 0 Å². The van der Waals surface area contributed by atoms with Gasteiger partial charge in [0, 0.05) is 6.54 Å². The molecule has 16 heavy (non-hydrogen) atoms. The van der Waals surface area contributed by atoms with Crippen LogP contribution in [0.2, 0.25) is 0 Å². The molecule has 0 radical (unpaired) electrons. The van der Waals surface area contributed by atoms with Crippen LogP contribution in [-0.4, -0.2) is 13.1 Å². The van der Waals surface area contributed by atoms with Gasteiger partial charge in [-0.3, -0.25) is 0 Å². The predicted octanol–water partition coefficient (Wildman–Crippen LogP) is 2.51. The Labute approximate surface area is 96.1 Å². The van der Waals surface area contributed by atoms with Crippen molar-refractivity contribution in [3.8, 4) is 6.07 Å². The number of benzene rings is 1. The molecule has 0 aliphatic carbocycles. The molecule has 3 heteroatoms. The van der Waals surface area contributed by atoms with Crippen LogP contribution < -0.4 is 5.32 Å². The molecule has 0 fully saturated rings. The van der Waals surface area contributed by atoms with E-state index in [0.717, 1.165) is 12.0 Å². The quantitative estimate of drug-likeness (QED) is 0.748. The number of nitrogens with one attached hydrogen (secondary N) is 1. The van der Waals surface area contributed by atoms with E-state index in [1.807, 2.05) is 13.0 Å². The van der Waals surface area contributed by atoms with Crippen molar-refractivity contribution in [3.05, 3.63) is 35.6 Å². The molecular weight excluding hydrogens is 203 g/mol. The molecular formula is C13H17FN2. The number of nitriles is 1. The molecule has 1 N–H and O–H groups in total. The summed E-state index contributed by atoms with van der Waals surface area (Å²) in [6.45, 7) is 3.38. The standard InChI is InChI=1S/C13H17FN2/c1-2-11(9-15)10-16-8-7-12-5-3-4-6-13(12)14/h3-6,11,16H,2,7-8,10H2,1H3. The van der Waals surface area contributed by atoms with E-state index in [0.29, 0.717) is 19.5 Å². The Kier molecular flexibility index (Phi) is 5.52. The Morgan fingerprint density at radius 1 is 1.44 bits per heavy atom. The lowest BCUT2D eigenvalue weighted by molar-refractivity contribution is 0.546. The summed E-state index contributed by atoms with van der Waals surface area (Å²) in [5.74, 6) is -0.0998. The van der Waals surface area contributed by atoms with Gasteiger partial charge in [0.15, 0.2) is 0 Å². The highest BCUT2D eigenvalue weighted by Crippen LogP contribution is 2.06. The lowest BCUT2D eigenvalue weighted by Gasteiger charge is -2.08. The molecule has 1 atom stereocenters. The lowest BCUT2D eigenvalue weighted by Crippen LogP contribution is -2.24. The van der Waals surface area contributed by atoms with Gasteiger partial charge in [0.1, 0.15) is 5.82 Å². The number of halogens is 1. The first-order valence-electron chi connectivity index (χ1n) is 5.61. The zero-order chi connectivity index (χ0) is 11.8. The molecule has 0 aromatic heterocycles. The van der Waals surface area contributed by atoms with Crippen LogP contribution in [0.25, 0.3) is 0 Å². The molecule has 0 saturated heterocycles. The van der Waals surface area contributed by atoms with E-state index in [1.165, 1.54) is 6.07 Å². The van der Waals surface area contributed by atoms with Crippen molar-refractivity contribution in [1.29, 1.82) is 5.26 Å². The van der Waals surface area contributed by atoms with Crippen molar-refractivity contribution in [1.82, 2.24) is 5.32 Å². The minimum Gasteiger partial charge on any atom is -0.315 e. The minimum absolute atomic E-state index is 0.0561. The highest BCUT2D eigenvalue weighted by molar-refractivity contribution is 5.17. The predicted molar refractivity (Wildman–Crippen MR) is 62.4 cm³/mol. The monoisotopic (exact) mass is 220 g/mol. The van der Waals surface area contributed by atoms with E-state index in [-0.39, 0.29) is 11.7 Å². The van der Waals surface area contributed by atoms with Gasteiger partial charge in [0.2, 0.25) is 0 Å². The van der Waals surface area contributed by atoms with Crippen LogP contribution in [-0.2, 0) is 6.42 Å². The molecule has 0 saturated carbocycles. The molecule has 86 valence electrons. The first kappa shape index (κ1) is 12.7. The van der Waals surface area contributed by atoms with E-state index in [2.05, 4.69) is 11.4 Å². The molecule has 1 aromatic rings. The van der Waals surface area contributed by atoms with Crippen LogP contribution in [0.15, 0.2) is 24.3 Å². The van der Waals surface area contributed by atoms with Crippen LogP contribution in [0.4, 0.5) is 4.39 Å². The molecule has 1 unspecified atom stereocenters. The fraction of sp³-hybridized carbons (Fsp3) is 0.462. The Bertz CT molecular complexity index is 357. The summed E-state index contributed by atoms with van der Waals surface area (Å²) in [5, 5.41) is 11.9. The summed E-state index contributed by atoms with van der Waals surface area (Å²) in [5.41, 5.74) is 0.722. The van der Waals surface area contributed by atoms with Gasteiger partial charge in [-0.05, 0) is 31.0 Å². The van der Waals surface area contributed by atoms with Crippen molar-refractivity contribution in [2.24, 2.45) is 5.92 Å². The average molecular weight is 220 g/mol. The van der Waals surface area contributed by atoms with Crippen LogP contribution in [0, 0.1) is 23.1 Å². The summed E-state index contributed by atoms with van der Waals surface area (Å²) in [6.07, 6.45) is 1.51. The summed E-state index contributed by atoms with van der Waals surface area (Å²) < 4.78 is 13.2. The molecule has 0 bridgehead atoms. The smallest absolute Gasteiger partial charge is 0.126 e. The van der Waals surface area contributed by atoms with Crippen LogP contribution in [0.3, 0.4) is 0 Å². The Balaban J connectivity index is 2.27. The van der Waals surface area contributed by atoms with Gasteiger partial charge in [-0.25, -0.2) is 4.39 Å². The third kappa shape index (κ3) is 4.00. The summed E-state index contributed by atoms with van der Waals surface area (Å²) in [6, 6.07) is 9.01. The highest BCUT2D eigenvalue weighted by Gasteiger charge is 2.04. The second-order valence-electron chi connectivity index (χ2n) is 3.78. The van der Waals surface area contributed by atoms with Crippen molar-refractivity contribution in [3.63, 3.8) is 0 Å². The molecule has 0 aliphatic rings. The Hall–Kier alpha value is -1.40. The van der Waals surface area contributed by atoms with Gasteiger partial charge in [-0.15, -0.1) is 0 Å². The first-order chi connectivity index (χ1) is 7.77. The normalized spacial score (nSPS) is 12.1. The third-order valence-electron chi connectivity index (χ3n) is 2.60. The number of nitrogens with zero attached hydrogens (tertiary/aromatic N) is 1. The zero-order valence-electron chi connectivity index (χ0n) is 9.54. The zero-order valence-corrected chi connectivity index (χ0v) is 9.54. The second kappa shape index (κ2) is 6.97. The Morgan fingerprint density at radius 2 is 2.19 bits per heavy atom. The Morgan fingerprint density at radius 3 is 2.81 bits per heavy atom. The van der Waals surface area contributed by atoms with E-state index in [9.17, 15) is 4.39 Å². The van der Waals surface area contributed by atoms with Gasteiger partial charge in [0.25, 0.3) is 0 Å². The minimum atomic E-state index is -0.156. The summed E-state index contributed by atoms with van der Waals surface area (Å²) >= 11 is 0. The fourth-order valence-electron chi connectivity index (χ4n) is 1.48. The van der Waals surface area contributed by atoms with Gasteiger partial charge in [-0.2, -0.15) is 5.26 Å². The molecule has 2 nitrogen and oxygen atoms in total. The fourth-order valence-corrected chi connectivity index (χ4v) is 1.48. The summed E-state index contributed by atoms with van der Waals surface area (Å²) in [4.78, 5) is 0. The van der Waals surface area contributed by atoms with E-state index in [1.54, 1.807) is 12.1 Å². The first-order valence-corrected chi connectivity index (χ1v) is 5.61. The molecule has 0 amide bonds. The molecule has 0 spiro atoms. The van der Waals surface area contributed by atoms with Crippen LogP contribution >= 0.6 is 0 Å². The summed E-state index contributed by atoms with van der Waals surface area (Å²) in [7, 11) is 0. The molecule has 0 aliphatic heterocycles. The van der Waals surface area contributed by atoms with Crippen molar-refractivity contribution in [2.75, 3.05) is 13.1 Å². The largest absolute Gasteiger partial charge is 0.315 e. The second-order valence-corrected chi connectivity index (χ2v) is 3.78. The number of rotatable bonds is 6. The SMILES string of the molecule is CCC(C#N)CNCCc1ccccc1F. The topological polar surface area (TPSA) is 35.8 Å². The van der Waals surface area contributed by atoms with E-state index in [4.69, 9.17) is 5.26 Å². The lowest BCUT2D eigenvalue weighted by atomic mass is 10.1. The molecule has 0 heterocycles. The van der Waals surface area contributed by atoms with Gasteiger partial charge < -0.3 is 5.32 Å². The van der Waals surface area contributed by atoms with Crippen LogP contribution in [0.5, 0.6) is 0 Å². The number of hydrogen-bond acceptors (Lipinski definition) is 2. The van der Waals surface area contributed by atoms with E-state index < -0.39 is 0 Å². The number of hydrogen-bond donors (Lipinski definition) is 1. The highest BCUT2D eigenvalue weighted by atomic mass is 19.1. The third-order valence-corrected chi connectivity index (χ3v) is 2.60. The van der Waals surface area contributed by atoms with Crippen molar-refractivity contribution >= 4 is 0 Å².